The lowest BCUT2D eigenvalue weighted by molar-refractivity contribution is -0.115. The summed E-state index contributed by atoms with van der Waals surface area (Å²) in [7, 11) is 1.28. The first-order valence-electron chi connectivity index (χ1n) is 10.2. The molecule has 1 amide bonds. The largest absolute Gasteiger partial charge is 0.493 e. The summed E-state index contributed by atoms with van der Waals surface area (Å²) in [4.78, 5) is 31.1. The number of alkyl halides is 2. The summed E-state index contributed by atoms with van der Waals surface area (Å²) in [5.41, 5.74) is 3.90. The van der Waals surface area contributed by atoms with Crippen molar-refractivity contribution in [1.29, 1.82) is 0 Å². The molecule has 2 aromatic carbocycles. The van der Waals surface area contributed by atoms with E-state index in [9.17, 15) is 18.4 Å². The minimum Gasteiger partial charge on any atom is -0.493 e. The van der Waals surface area contributed by atoms with E-state index in [4.69, 9.17) is 9.47 Å². The van der Waals surface area contributed by atoms with Crippen molar-refractivity contribution in [3.63, 3.8) is 0 Å². The Morgan fingerprint density at radius 3 is 2.41 bits per heavy atom. The Labute approximate surface area is 199 Å². The summed E-state index contributed by atoms with van der Waals surface area (Å²) in [6.45, 7) is 3.92. The first kappa shape index (κ1) is 25.1. The van der Waals surface area contributed by atoms with Gasteiger partial charge in [0.05, 0.1) is 18.5 Å². The number of thiazole rings is 1. The summed E-state index contributed by atoms with van der Waals surface area (Å²) in [6, 6.07) is 8.14. The molecule has 3 rings (SSSR count). The van der Waals surface area contributed by atoms with Crippen LogP contribution in [0.1, 0.15) is 39.7 Å². The van der Waals surface area contributed by atoms with Crippen molar-refractivity contribution < 1.29 is 32.6 Å². The number of anilines is 2. The van der Waals surface area contributed by atoms with Gasteiger partial charge in [0.25, 0.3) is 0 Å². The van der Waals surface area contributed by atoms with Crippen molar-refractivity contribution in [3.05, 3.63) is 63.7 Å². The van der Waals surface area contributed by atoms with Crippen LogP contribution >= 0.6 is 11.3 Å². The van der Waals surface area contributed by atoms with E-state index in [1.54, 1.807) is 5.38 Å². The second kappa shape index (κ2) is 10.6. The van der Waals surface area contributed by atoms with Crippen LogP contribution in [-0.2, 0) is 16.1 Å². The molecule has 1 aromatic heterocycles. The molecule has 34 heavy (non-hydrogen) atoms. The lowest BCUT2D eigenvalue weighted by Gasteiger charge is -2.23. The molecule has 1 heterocycles. The Hall–Kier alpha value is -3.53. The lowest BCUT2D eigenvalue weighted by Crippen LogP contribution is -2.24. The monoisotopic (exact) mass is 490 g/mol. The van der Waals surface area contributed by atoms with Crippen molar-refractivity contribution >= 4 is 34.0 Å². The average molecular weight is 491 g/mol. The van der Waals surface area contributed by atoms with Crippen LogP contribution < -0.4 is 14.4 Å². The summed E-state index contributed by atoms with van der Waals surface area (Å²) in [5, 5.41) is 2.09. The molecule has 0 aliphatic carbocycles. The van der Waals surface area contributed by atoms with E-state index >= 15 is 0 Å². The zero-order valence-electron chi connectivity index (χ0n) is 19.3. The third-order valence-corrected chi connectivity index (χ3v) is 5.76. The highest BCUT2D eigenvalue weighted by atomic mass is 32.1. The van der Waals surface area contributed by atoms with Gasteiger partial charge in [-0.2, -0.15) is 8.78 Å². The van der Waals surface area contributed by atoms with Gasteiger partial charge in [-0.1, -0.05) is 23.8 Å². The van der Waals surface area contributed by atoms with Gasteiger partial charge in [0, 0.05) is 12.3 Å². The Bertz CT molecular complexity index is 1190. The first-order chi connectivity index (χ1) is 16.1. The summed E-state index contributed by atoms with van der Waals surface area (Å²) in [5.74, 6) is -1.51. The number of aryl methyl sites for hydroxylation is 3. The Balaban J connectivity index is 1.82. The number of carbonyl (C=O) groups is 2. The molecule has 10 heteroatoms. The van der Waals surface area contributed by atoms with Gasteiger partial charge in [-0.05, 0) is 44.0 Å². The molecular weight excluding hydrogens is 466 g/mol. The second-order valence-corrected chi connectivity index (χ2v) is 8.35. The quantitative estimate of drug-likeness (QED) is 0.376. The molecular formula is C24H24F2N2O5S. The standard InChI is InChI=1S/C24H24F2N2O5S/c1-13-9-14(2)20(15(3)10-13)28(16(4)29)24-27-17(12-34-24)11-32-22(30)18-7-6-8-19(31-5)21(18)33-23(25)26/h6-10,12,23H,11H2,1-5H3. The van der Waals surface area contributed by atoms with Gasteiger partial charge < -0.3 is 14.2 Å². The third kappa shape index (κ3) is 5.51. The number of nitrogens with zero attached hydrogens (tertiary/aromatic N) is 2. The normalized spacial score (nSPS) is 10.8. The summed E-state index contributed by atoms with van der Waals surface area (Å²) < 4.78 is 40.4. The van der Waals surface area contributed by atoms with Crippen LogP contribution in [-0.4, -0.2) is 30.6 Å². The fourth-order valence-electron chi connectivity index (χ4n) is 3.64. The number of ether oxygens (including phenoxy) is 3. The van der Waals surface area contributed by atoms with Crippen molar-refractivity contribution in [1.82, 2.24) is 4.98 Å². The molecule has 0 atom stereocenters. The highest BCUT2D eigenvalue weighted by Gasteiger charge is 2.24. The first-order valence-corrected chi connectivity index (χ1v) is 11.1. The van der Waals surface area contributed by atoms with Crippen molar-refractivity contribution in [2.75, 3.05) is 12.0 Å². The van der Waals surface area contributed by atoms with Crippen molar-refractivity contribution in [2.45, 2.75) is 40.9 Å². The maximum atomic E-state index is 12.8. The number of para-hydroxylation sites is 1. The van der Waals surface area contributed by atoms with Gasteiger partial charge in [0.2, 0.25) is 5.91 Å². The molecule has 0 saturated heterocycles. The Morgan fingerprint density at radius 1 is 1.15 bits per heavy atom. The molecule has 0 fully saturated rings. The number of amides is 1. The Kier molecular flexibility index (Phi) is 7.83. The minimum atomic E-state index is -3.14. The van der Waals surface area contributed by atoms with Gasteiger partial charge in [-0.3, -0.25) is 9.69 Å². The number of esters is 1. The van der Waals surface area contributed by atoms with E-state index in [0.29, 0.717) is 10.8 Å². The molecule has 0 radical (unpaired) electrons. The number of hydrogen-bond acceptors (Lipinski definition) is 7. The SMILES string of the molecule is COc1cccc(C(=O)OCc2csc(N(C(C)=O)c3c(C)cc(C)cc3C)n2)c1OC(F)F. The molecule has 0 N–H and O–H groups in total. The van der Waals surface area contributed by atoms with Crippen LogP contribution in [0.15, 0.2) is 35.7 Å². The smallest absolute Gasteiger partial charge is 0.387 e. The molecule has 0 bridgehead atoms. The number of aromatic nitrogens is 1. The maximum absolute atomic E-state index is 12.8. The van der Waals surface area contributed by atoms with Gasteiger partial charge in [0.1, 0.15) is 12.2 Å². The molecule has 0 aliphatic rings. The number of halogens is 2. The van der Waals surface area contributed by atoms with Crippen molar-refractivity contribution in [3.8, 4) is 11.5 Å². The van der Waals surface area contributed by atoms with Crippen LogP contribution in [0.25, 0.3) is 0 Å². The van der Waals surface area contributed by atoms with Gasteiger partial charge in [-0.15, -0.1) is 11.3 Å². The van der Waals surface area contributed by atoms with Gasteiger partial charge in [0.15, 0.2) is 16.6 Å². The summed E-state index contributed by atoms with van der Waals surface area (Å²) >= 11 is 1.23. The maximum Gasteiger partial charge on any atom is 0.387 e. The number of methoxy groups -OCH3 is 1. The highest BCUT2D eigenvalue weighted by molar-refractivity contribution is 7.14. The van der Waals surface area contributed by atoms with Gasteiger partial charge in [-0.25, -0.2) is 9.78 Å². The van der Waals surface area contributed by atoms with E-state index in [1.165, 1.54) is 48.5 Å². The van der Waals surface area contributed by atoms with Crippen LogP contribution in [0.3, 0.4) is 0 Å². The fraction of sp³-hybridized carbons (Fsp3) is 0.292. The minimum absolute atomic E-state index is 0.0216. The molecule has 3 aromatic rings. The van der Waals surface area contributed by atoms with Crippen LogP contribution in [0.2, 0.25) is 0 Å². The molecule has 0 spiro atoms. The number of benzene rings is 2. The van der Waals surface area contributed by atoms with E-state index in [-0.39, 0.29) is 23.8 Å². The lowest BCUT2D eigenvalue weighted by atomic mass is 10.0. The van der Waals surface area contributed by atoms with Gasteiger partial charge >= 0.3 is 12.6 Å². The zero-order chi connectivity index (χ0) is 25.0. The van der Waals surface area contributed by atoms with E-state index in [0.717, 1.165) is 22.4 Å². The second-order valence-electron chi connectivity index (χ2n) is 7.51. The van der Waals surface area contributed by atoms with Crippen LogP contribution in [0.4, 0.5) is 19.6 Å². The predicted molar refractivity (Wildman–Crippen MR) is 124 cm³/mol. The average Bonchev–Trinajstić information content (AvgIpc) is 3.22. The molecule has 0 aliphatic heterocycles. The number of carbonyl (C=O) groups excluding carboxylic acids is 2. The number of rotatable bonds is 8. The fourth-order valence-corrected chi connectivity index (χ4v) is 4.50. The van der Waals surface area contributed by atoms with E-state index in [2.05, 4.69) is 9.72 Å². The molecule has 0 saturated carbocycles. The van der Waals surface area contributed by atoms with Crippen LogP contribution in [0, 0.1) is 20.8 Å². The third-order valence-electron chi connectivity index (χ3n) is 4.88. The molecule has 180 valence electrons. The zero-order valence-corrected chi connectivity index (χ0v) is 20.2. The highest BCUT2D eigenvalue weighted by Crippen LogP contribution is 2.35. The van der Waals surface area contributed by atoms with Crippen LogP contribution in [0.5, 0.6) is 11.5 Å². The number of hydrogen-bond donors (Lipinski definition) is 0. The predicted octanol–water partition coefficient (Wildman–Crippen LogP) is 5.72. The van der Waals surface area contributed by atoms with E-state index in [1.807, 2.05) is 32.9 Å². The van der Waals surface area contributed by atoms with Crippen molar-refractivity contribution in [2.24, 2.45) is 0 Å². The topological polar surface area (TPSA) is 78.0 Å². The molecule has 0 unspecified atom stereocenters. The summed E-state index contributed by atoms with van der Waals surface area (Å²) in [6.07, 6.45) is 0. The Morgan fingerprint density at radius 2 is 1.82 bits per heavy atom. The van der Waals surface area contributed by atoms with E-state index < -0.39 is 18.3 Å². The molecule has 7 nitrogen and oxygen atoms in total.